The number of aromatic amines is 1. The van der Waals surface area contributed by atoms with Gasteiger partial charge < -0.3 is 10.3 Å². The van der Waals surface area contributed by atoms with Crippen LogP contribution in [0.1, 0.15) is 5.56 Å². The summed E-state index contributed by atoms with van der Waals surface area (Å²) in [4.78, 5) is 21.9. The summed E-state index contributed by atoms with van der Waals surface area (Å²) in [6, 6.07) is 3.94. The third-order valence-electron chi connectivity index (χ3n) is 2.25. The van der Waals surface area contributed by atoms with Crippen LogP contribution in [-0.2, 0) is 6.42 Å². The van der Waals surface area contributed by atoms with Gasteiger partial charge in [-0.05, 0) is 46.7 Å². The lowest BCUT2D eigenvalue weighted by Crippen LogP contribution is -2.16. The first-order valence-corrected chi connectivity index (χ1v) is 6.21. The van der Waals surface area contributed by atoms with Crippen LogP contribution in [0, 0.1) is 3.57 Å². The van der Waals surface area contributed by atoms with E-state index in [4.69, 9.17) is 0 Å². The molecule has 6 heteroatoms. The van der Waals surface area contributed by atoms with Gasteiger partial charge in [0, 0.05) is 18.9 Å². The average molecular weight is 342 g/mol. The second kappa shape index (κ2) is 5.76. The number of nitrogens with zero attached hydrogens (tertiary/aromatic N) is 2. The predicted octanol–water partition coefficient (Wildman–Crippen LogP) is 1.42. The molecule has 2 heterocycles. The average Bonchev–Trinajstić information content (AvgIpc) is 2.36. The molecule has 2 N–H and O–H groups in total. The number of hydrogen-bond donors (Lipinski definition) is 2. The Morgan fingerprint density at radius 1 is 1.35 bits per heavy atom. The zero-order valence-electron chi connectivity index (χ0n) is 8.98. The van der Waals surface area contributed by atoms with Gasteiger partial charge in [0.15, 0.2) is 0 Å². The van der Waals surface area contributed by atoms with Gasteiger partial charge in [-0.2, -0.15) is 0 Å². The van der Waals surface area contributed by atoms with E-state index in [1.54, 1.807) is 12.4 Å². The van der Waals surface area contributed by atoms with Crippen molar-refractivity contribution in [2.75, 3.05) is 11.9 Å². The van der Waals surface area contributed by atoms with Gasteiger partial charge in [-0.1, -0.05) is 0 Å². The SMILES string of the molecule is O=c1[nH]cnc(NCCc2ccncc2)c1I. The maximum absolute atomic E-state index is 11.3. The Morgan fingerprint density at radius 3 is 2.88 bits per heavy atom. The fourth-order valence-electron chi connectivity index (χ4n) is 1.38. The second-order valence-electron chi connectivity index (χ2n) is 3.43. The van der Waals surface area contributed by atoms with E-state index in [-0.39, 0.29) is 5.56 Å². The van der Waals surface area contributed by atoms with Crippen LogP contribution in [0.25, 0.3) is 0 Å². The normalized spacial score (nSPS) is 10.2. The maximum Gasteiger partial charge on any atom is 0.266 e. The van der Waals surface area contributed by atoms with Gasteiger partial charge in [0.05, 0.1) is 6.33 Å². The van der Waals surface area contributed by atoms with Crippen molar-refractivity contribution >= 4 is 28.4 Å². The van der Waals surface area contributed by atoms with E-state index in [9.17, 15) is 4.79 Å². The van der Waals surface area contributed by atoms with Crippen molar-refractivity contribution in [3.63, 3.8) is 0 Å². The lowest BCUT2D eigenvalue weighted by Gasteiger charge is -2.06. The summed E-state index contributed by atoms with van der Waals surface area (Å²) in [5.74, 6) is 0.628. The summed E-state index contributed by atoms with van der Waals surface area (Å²) < 4.78 is 0.583. The summed E-state index contributed by atoms with van der Waals surface area (Å²) >= 11 is 1.98. The highest BCUT2D eigenvalue weighted by Gasteiger charge is 2.03. The van der Waals surface area contributed by atoms with Crippen LogP contribution in [-0.4, -0.2) is 21.5 Å². The minimum absolute atomic E-state index is 0.119. The first kappa shape index (κ1) is 12.0. The zero-order valence-corrected chi connectivity index (χ0v) is 11.1. The highest BCUT2D eigenvalue weighted by molar-refractivity contribution is 14.1. The van der Waals surface area contributed by atoms with Gasteiger partial charge >= 0.3 is 0 Å². The minimum Gasteiger partial charge on any atom is -0.369 e. The summed E-state index contributed by atoms with van der Waals surface area (Å²) in [6.07, 6.45) is 5.81. The largest absolute Gasteiger partial charge is 0.369 e. The van der Waals surface area contributed by atoms with Crippen molar-refractivity contribution in [1.82, 2.24) is 15.0 Å². The first-order chi connectivity index (χ1) is 8.27. The molecule has 0 saturated carbocycles. The molecule has 0 aliphatic carbocycles. The fourth-order valence-corrected chi connectivity index (χ4v) is 1.87. The van der Waals surface area contributed by atoms with Crippen molar-refractivity contribution in [3.8, 4) is 0 Å². The van der Waals surface area contributed by atoms with Crippen LogP contribution < -0.4 is 10.9 Å². The predicted molar refractivity (Wildman–Crippen MR) is 74.0 cm³/mol. The topological polar surface area (TPSA) is 70.7 Å². The van der Waals surface area contributed by atoms with Crippen LogP contribution in [0.15, 0.2) is 35.6 Å². The molecule has 0 aliphatic rings. The zero-order chi connectivity index (χ0) is 12.1. The Kier molecular flexibility index (Phi) is 4.08. The number of rotatable bonds is 4. The van der Waals surface area contributed by atoms with E-state index >= 15 is 0 Å². The minimum atomic E-state index is -0.119. The lowest BCUT2D eigenvalue weighted by molar-refractivity contribution is 0.983. The van der Waals surface area contributed by atoms with Crippen LogP contribution in [0.3, 0.4) is 0 Å². The lowest BCUT2D eigenvalue weighted by atomic mass is 10.2. The van der Waals surface area contributed by atoms with Gasteiger partial charge in [-0.15, -0.1) is 0 Å². The summed E-state index contributed by atoms with van der Waals surface area (Å²) in [6.45, 7) is 0.733. The van der Waals surface area contributed by atoms with E-state index in [0.717, 1.165) is 13.0 Å². The Bertz CT molecular complexity index is 541. The summed E-state index contributed by atoms with van der Waals surface area (Å²) in [5.41, 5.74) is 1.08. The Morgan fingerprint density at radius 2 is 2.12 bits per heavy atom. The van der Waals surface area contributed by atoms with Crippen molar-refractivity contribution in [1.29, 1.82) is 0 Å². The molecule has 17 heavy (non-hydrogen) atoms. The number of pyridine rings is 1. The first-order valence-electron chi connectivity index (χ1n) is 5.13. The van der Waals surface area contributed by atoms with E-state index in [0.29, 0.717) is 9.39 Å². The second-order valence-corrected chi connectivity index (χ2v) is 4.51. The highest BCUT2D eigenvalue weighted by atomic mass is 127. The molecule has 2 rings (SSSR count). The molecule has 0 aliphatic heterocycles. The van der Waals surface area contributed by atoms with Crippen molar-refractivity contribution in [2.24, 2.45) is 0 Å². The maximum atomic E-state index is 11.3. The van der Waals surface area contributed by atoms with Gasteiger partial charge in [0.2, 0.25) is 0 Å². The number of nitrogens with one attached hydrogen (secondary N) is 2. The monoisotopic (exact) mass is 342 g/mol. The van der Waals surface area contributed by atoms with Gasteiger partial charge in [-0.25, -0.2) is 4.98 Å². The Labute approximate surface area is 112 Å². The van der Waals surface area contributed by atoms with Crippen LogP contribution >= 0.6 is 22.6 Å². The number of halogens is 1. The van der Waals surface area contributed by atoms with Crippen molar-refractivity contribution in [3.05, 3.63) is 50.3 Å². The van der Waals surface area contributed by atoms with E-state index < -0.39 is 0 Å². The molecule has 88 valence electrons. The standard InChI is InChI=1S/C11H11IN4O/c12-9-10(15-7-16-11(9)17)14-6-3-8-1-4-13-5-2-8/h1-2,4-5,7H,3,6H2,(H2,14,15,16,17). The number of anilines is 1. The van der Waals surface area contributed by atoms with Gasteiger partial charge in [-0.3, -0.25) is 9.78 Å². The molecule has 0 amide bonds. The molecule has 0 unspecified atom stereocenters. The van der Waals surface area contributed by atoms with E-state index in [1.807, 2.05) is 34.7 Å². The van der Waals surface area contributed by atoms with Crippen molar-refractivity contribution < 1.29 is 0 Å². The molecule has 2 aromatic rings. The smallest absolute Gasteiger partial charge is 0.266 e. The van der Waals surface area contributed by atoms with Gasteiger partial charge in [0.1, 0.15) is 9.39 Å². The Balaban J connectivity index is 1.95. The quantitative estimate of drug-likeness (QED) is 0.825. The van der Waals surface area contributed by atoms with Crippen LogP contribution in [0.5, 0.6) is 0 Å². The summed E-state index contributed by atoms with van der Waals surface area (Å²) in [5, 5.41) is 3.14. The number of H-pyrrole nitrogens is 1. The molecular weight excluding hydrogens is 331 g/mol. The molecule has 5 nitrogen and oxygen atoms in total. The van der Waals surface area contributed by atoms with Crippen LogP contribution in [0.2, 0.25) is 0 Å². The summed E-state index contributed by atoms with van der Waals surface area (Å²) in [7, 11) is 0. The fraction of sp³-hybridized carbons (Fsp3) is 0.182. The third kappa shape index (κ3) is 3.26. The molecule has 0 radical (unpaired) electrons. The highest BCUT2D eigenvalue weighted by Crippen LogP contribution is 2.08. The Hall–Kier alpha value is -1.44. The van der Waals surface area contributed by atoms with E-state index in [1.165, 1.54) is 11.9 Å². The third-order valence-corrected chi connectivity index (χ3v) is 3.25. The molecule has 0 aromatic carbocycles. The van der Waals surface area contributed by atoms with Crippen molar-refractivity contribution in [2.45, 2.75) is 6.42 Å². The molecule has 0 bridgehead atoms. The van der Waals surface area contributed by atoms with Gasteiger partial charge in [0.25, 0.3) is 5.56 Å². The molecule has 0 fully saturated rings. The molecule has 0 atom stereocenters. The number of aromatic nitrogens is 3. The molecule has 0 spiro atoms. The number of hydrogen-bond acceptors (Lipinski definition) is 4. The molecular formula is C11H11IN4O. The van der Waals surface area contributed by atoms with Crippen LogP contribution in [0.4, 0.5) is 5.82 Å². The van der Waals surface area contributed by atoms with E-state index in [2.05, 4.69) is 20.3 Å². The molecule has 2 aromatic heterocycles. The molecule has 0 saturated heterocycles.